The molecule has 0 saturated carbocycles. The van der Waals surface area contributed by atoms with Crippen LogP contribution < -0.4 is 10.1 Å². The molecule has 0 radical (unpaired) electrons. The van der Waals surface area contributed by atoms with E-state index in [0.717, 1.165) is 16.7 Å². The minimum Gasteiger partial charge on any atom is -0.484 e. The van der Waals surface area contributed by atoms with Gasteiger partial charge in [0.05, 0.1) is 0 Å². The number of hydrogen-bond acceptors (Lipinski definition) is 3. The lowest BCUT2D eigenvalue weighted by atomic mass is 10.1. The molecule has 0 spiro atoms. The van der Waals surface area contributed by atoms with Gasteiger partial charge in [-0.15, -0.1) is 0 Å². The zero-order valence-corrected chi connectivity index (χ0v) is 18.3. The number of benzene rings is 2. The molecular formula is C23H29ClN2O3. The molecule has 0 heterocycles. The fraction of sp³-hybridized carbons (Fsp3) is 0.391. The molecule has 0 aromatic heterocycles. The number of rotatable bonds is 9. The van der Waals surface area contributed by atoms with Crippen molar-refractivity contribution in [2.75, 3.05) is 13.2 Å². The maximum absolute atomic E-state index is 13.1. The van der Waals surface area contributed by atoms with E-state index in [0.29, 0.717) is 30.3 Å². The third-order valence-electron chi connectivity index (χ3n) is 4.66. The second kappa shape index (κ2) is 10.9. The Labute approximate surface area is 178 Å². The van der Waals surface area contributed by atoms with Crippen molar-refractivity contribution in [3.8, 4) is 5.75 Å². The fourth-order valence-electron chi connectivity index (χ4n) is 3.15. The van der Waals surface area contributed by atoms with E-state index in [9.17, 15) is 9.59 Å². The molecule has 0 saturated heterocycles. The van der Waals surface area contributed by atoms with Crippen molar-refractivity contribution in [2.45, 2.75) is 46.7 Å². The highest BCUT2D eigenvalue weighted by atomic mass is 35.5. The Bertz CT molecular complexity index is 854. The molecule has 1 atom stereocenters. The van der Waals surface area contributed by atoms with Crippen LogP contribution in [0.25, 0.3) is 0 Å². The number of likely N-dealkylation sites (N-methyl/N-ethyl adjacent to an activating group) is 1. The highest BCUT2D eigenvalue weighted by Crippen LogP contribution is 2.21. The lowest BCUT2D eigenvalue weighted by molar-refractivity contribution is -0.142. The number of nitrogens with one attached hydrogen (secondary N) is 1. The first-order chi connectivity index (χ1) is 13.8. The average Bonchev–Trinajstić information content (AvgIpc) is 2.68. The SMILES string of the molecule is CCNC(=O)C(CC)N(Cc1cccc(C)c1)C(=O)COc1ccc(Cl)c(C)c1. The van der Waals surface area contributed by atoms with Crippen LogP contribution >= 0.6 is 11.6 Å². The molecule has 156 valence electrons. The maximum atomic E-state index is 13.1. The molecule has 1 unspecified atom stereocenters. The topological polar surface area (TPSA) is 58.6 Å². The molecule has 6 heteroatoms. The first-order valence-corrected chi connectivity index (χ1v) is 10.2. The third kappa shape index (κ3) is 6.50. The summed E-state index contributed by atoms with van der Waals surface area (Å²) in [6.45, 7) is 8.36. The van der Waals surface area contributed by atoms with Gasteiger partial charge in [0, 0.05) is 18.1 Å². The van der Waals surface area contributed by atoms with Gasteiger partial charge >= 0.3 is 0 Å². The molecule has 0 aliphatic rings. The quantitative estimate of drug-likeness (QED) is 0.663. The smallest absolute Gasteiger partial charge is 0.261 e. The lowest BCUT2D eigenvalue weighted by Gasteiger charge is -2.30. The van der Waals surface area contributed by atoms with Gasteiger partial charge in [-0.3, -0.25) is 9.59 Å². The van der Waals surface area contributed by atoms with Crippen LogP contribution in [0.1, 0.15) is 37.0 Å². The van der Waals surface area contributed by atoms with Gasteiger partial charge in [-0.2, -0.15) is 0 Å². The van der Waals surface area contributed by atoms with Crippen molar-refractivity contribution < 1.29 is 14.3 Å². The van der Waals surface area contributed by atoms with E-state index in [1.54, 1.807) is 23.1 Å². The van der Waals surface area contributed by atoms with Gasteiger partial charge in [-0.05, 0) is 56.5 Å². The lowest BCUT2D eigenvalue weighted by Crippen LogP contribution is -2.50. The van der Waals surface area contributed by atoms with E-state index >= 15 is 0 Å². The van der Waals surface area contributed by atoms with Crippen LogP contribution in [-0.4, -0.2) is 35.9 Å². The highest BCUT2D eigenvalue weighted by Gasteiger charge is 2.28. The number of aryl methyl sites for hydroxylation is 2. The second-order valence-electron chi connectivity index (χ2n) is 7.03. The van der Waals surface area contributed by atoms with Crippen LogP contribution in [0.15, 0.2) is 42.5 Å². The highest BCUT2D eigenvalue weighted by molar-refractivity contribution is 6.31. The summed E-state index contributed by atoms with van der Waals surface area (Å²) in [5.74, 6) is 0.178. The van der Waals surface area contributed by atoms with Crippen LogP contribution in [0, 0.1) is 13.8 Å². The molecule has 0 fully saturated rings. The number of hydrogen-bond donors (Lipinski definition) is 1. The molecule has 0 bridgehead atoms. The predicted octanol–water partition coefficient (Wildman–Crippen LogP) is 4.28. The molecular weight excluding hydrogens is 388 g/mol. The summed E-state index contributed by atoms with van der Waals surface area (Å²) in [5, 5.41) is 3.47. The fourth-order valence-corrected chi connectivity index (χ4v) is 3.27. The van der Waals surface area contributed by atoms with E-state index in [2.05, 4.69) is 5.32 Å². The number of carbonyl (C=O) groups excluding carboxylic acids is 2. The van der Waals surface area contributed by atoms with Gasteiger partial charge < -0.3 is 15.0 Å². The summed E-state index contributed by atoms with van der Waals surface area (Å²) >= 11 is 6.05. The standard InChI is InChI=1S/C23H29ClN2O3/c1-5-21(23(28)25-6-2)26(14-18-9-7-8-16(3)12-18)22(27)15-29-19-10-11-20(24)17(4)13-19/h7-13,21H,5-6,14-15H2,1-4H3,(H,25,28). The van der Waals surface area contributed by atoms with Crippen molar-refractivity contribution in [2.24, 2.45) is 0 Å². The molecule has 2 aromatic rings. The zero-order chi connectivity index (χ0) is 21.4. The first kappa shape index (κ1) is 22.8. The molecule has 2 amide bonds. The largest absolute Gasteiger partial charge is 0.484 e. The van der Waals surface area contributed by atoms with Crippen molar-refractivity contribution in [3.05, 3.63) is 64.2 Å². The van der Waals surface area contributed by atoms with E-state index in [1.165, 1.54) is 0 Å². The molecule has 0 aliphatic heterocycles. The molecule has 2 rings (SSSR count). The molecule has 0 aliphatic carbocycles. The Morgan fingerprint density at radius 2 is 1.90 bits per heavy atom. The Morgan fingerprint density at radius 1 is 1.14 bits per heavy atom. The van der Waals surface area contributed by atoms with E-state index in [4.69, 9.17) is 16.3 Å². The Hall–Kier alpha value is -2.53. The normalized spacial score (nSPS) is 11.6. The van der Waals surface area contributed by atoms with Gasteiger partial charge in [0.25, 0.3) is 5.91 Å². The predicted molar refractivity (Wildman–Crippen MR) is 116 cm³/mol. The van der Waals surface area contributed by atoms with Crippen LogP contribution in [-0.2, 0) is 16.1 Å². The van der Waals surface area contributed by atoms with Gasteiger partial charge in [0.1, 0.15) is 11.8 Å². The number of amides is 2. The van der Waals surface area contributed by atoms with E-state index in [1.807, 2.05) is 52.0 Å². The van der Waals surface area contributed by atoms with Gasteiger partial charge in [-0.1, -0.05) is 48.4 Å². The van der Waals surface area contributed by atoms with Crippen LogP contribution in [0.4, 0.5) is 0 Å². The second-order valence-corrected chi connectivity index (χ2v) is 7.44. The minimum absolute atomic E-state index is 0.150. The third-order valence-corrected chi connectivity index (χ3v) is 5.09. The number of carbonyl (C=O) groups is 2. The number of nitrogens with zero attached hydrogens (tertiary/aromatic N) is 1. The summed E-state index contributed by atoms with van der Waals surface area (Å²) in [4.78, 5) is 27.2. The Kier molecular flexibility index (Phi) is 8.52. The van der Waals surface area contributed by atoms with Crippen LogP contribution in [0.5, 0.6) is 5.75 Å². The number of halogens is 1. The monoisotopic (exact) mass is 416 g/mol. The van der Waals surface area contributed by atoms with Crippen LogP contribution in [0.3, 0.4) is 0 Å². The van der Waals surface area contributed by atoms with Crippen molar-refractivity contribution >= 4 is 23.4 Å². The summed E-state index contributed by atoms with van der Waals surface area (Å²) in [6.07, 6.45) is 0.517. The van der Waals surface area contributed by atoms with Gasteiger partial charge in [0.2, 0.25) is 5.91 Å². The van der Waals surface area contributed by atoms with E-state index in [-0.39, 0.29) is 18.4 Å². The molecule has 5 nitrogen and oxygen atoms in total. The maximum Gasteiger partial charge on any atom is 0.261 e. The molecule has 29 heavy (non-hydrogen) atoms. The zero-order valence-electron chi connectivity index (χ0n) is 17.5. The minimum atomic E-state index is -0.557. The van der Waals surface area contributed by atoms with Gasteiger partial charge in [0.15, 0.2) is 6.61 Å². The molecule has 2 aromatic carbocycles. The summed E-state index contributed by atoms with van der Waals surface area (Å²) in [6, 6.07) is 12.6. The van der Waals surface area contributed by atoms with Gasteiger partial charge in [-0.25, -0.2) is 0 Å². The van der Waals surface area contributed by atoms with E-state index < -0.39 is 6.04 Å². The number of ether oxygens (including phenoxy) is 1. The first-order valence-electron chi connectivity index (χ1n) is 9.87. The summed E-state index contributed by atoms with van der Waals surface area (Å²) in [5.41, 5.74) is 2.96. The summed E-state index contributed by atoms with van der Waals surface area (Å²) in [7, 11) is 0. The van der Waals surface area contributed by atoms with Crippen LogP contribution in [0.2, 0.25) is 5.02 Å². The summed E-state index contributed by atoms with van der Waals surface area (Å²) < 4.78 is 5.70. The van der Waals surface area contributed by atoms with Crippen molar-refractivity contribution in [1.82, 2.24) is 10.2 Å². The van der Waals surface area contributed by atoms with Crippen molar-refractivity contribution in [3.63, 3.8) is 0 Å². The Morgan fingerprint density at radius 3 is 2.52 bits per heavy atom. The Balaban J connectivity index is 2.20. The average molecular weight is 417 g/mol. The molecule has 1 N–H and O–H groups in total. The van der Waals surface area contributed by atoms with Crippen molar-refractivity contribution in [1.29, 1.82) is 0 Å².